The first-order valence-corrected chi connectivity index (χ1v) is 5.72. The van der Waals surface area contributed by atoms with E-state index in [1.165, 1.54) is 7.05 Å². The van der Waals surface area contributed by atoms with E-state index in [0.29, 0.717) is 10.7 Å². The highest BCUT2D eigenvalue weighted by Crippen LogP contribution is 2.15. The molecule has 1 aromatic heterocycles. The predicted molar refractivity (Wildman–Crippen MR) is 71.7 cm³/mol. The van der Waals surface area contributed by atoms with Crippen molar-refractivity contribution in [2.75, 3.05) is 5.32 Å². The van der Waals surface area contributed by atoms with Gasteiger partial charge in [0, 0.05) is 24.0 Å². The van der Waals surface area contributed by atoms with E-state index in [-0.39, 0.29) is 5.56 Å². The third-order valence-electron chi connectivity index (χ3n) is 2.51. The molecule has 0 saturated heterocycles. The normalized spacial score (nSPS) is 10.2. The van der Waals surface area contributed by atoms with Crippen LogP contribution in [0.4, 0.5) is 5.69 Å². The van der Waals surface area contributed by atoms with Crippen molar-refractivity contribution in [2.45, 2.75) is 0 Å². The van der Waals surface area contributed by atoms with E-state index in [0.717, 1.165) is 10.8 Å². The van der Waals surface area contributed by atoms with Crippen LogP contribution in [0, 0.1) is 0 Å². The highest BCUT2D eigenvalue weighted by Gasteiger charge is 2.13. The van der Waals surface area contributed by atoms with Gasteiger partial charge < -0.3 is 10.3 Å². The first-order valence-electron chi connectivity index (χ1n) is 5.34. The second-order valence-electron chi connectivity index (χ2n) is 3.84. The van der Waals surface area contributed by atoms with E-state index in [9.17, 15) is 14.4 Å². The minimum absolute atomic E-state index is 0.151. The van der Waals surface area contributed by atoms with Gasteiger partial charge in [-0.3, -0.25) is 14.2 Å². The molecule has 1 amide bonds. The molecule has 0 unspecified atom stereocenters. The topological polar surface area (TPSA) is 84.0 Å². The summed E-state index contributed by atoms with van der Waals surface area (Å²) in [6.07, 6.45) is 1.09. The maximum atomic E-state index is 11.9. The molecule has 2 rings (SSSR count). The molecule has 0 aliphatic rings. The number of aromatic amines is 1. The van der Waals surface area contributed by atoms with Crippen LogP contribution >= 0.6 is 11.6 Å². The summed E-state index contributed by atoms with van der Waals surface area (Å²) in [5, 5.41) is 2.99. The molecule has 0 aliphatic heterocycles. The minimum atomic E-state index is -0.664. The van der Waals surface area contributed by atoms with Gasteiger partial charge in [0.1, 0.15) is 5.56 Å². The lowest BCUT2D eigenvalue weighted by atomic mass is 10.2. The van der Waals surface area contributed by atoms with Crippen molar-refractivity contribution >= 4 is 23.2 Å². The van der Waals surface area contributed by atoms with Gasteiger partial charge in [-0.25, -0.2) is 4.79 Å². The van der Waals surface area contributed by atoms with E-state index < -0.39 is 17.2 Å². The molecule has 19 heavy (non-hydrogen) atoms. The largest absolute Gasteiger partial charge is 0.328 e. The Balaban J connectivity index is 2.34. The number of benzene rings is 1. The average Bonchev–Trinajstić information content (AvgIpc) is 2.36. The zero-order valence-corrected chi connectivity index (χ0v) is 10.7. The fourth-order valence-corrected chi connectivity index (χ4v) is 1.68. The van der Waals surface area contributed by atoms with Crippen molar-refractivity contribution in [3.63, 3.8) is 0 Å². The van der Waals surface area contributed by atoms with Gasteiger partial charge in [-0.05, 0) is 18.2 Å². The Bertz CT molecular complexity index is 748. The second kappa shape index (κ2) is 5.11. The number of aromatic nitrogens is 2. The number of anilines is 1. The zero-order valence-electron chi connectivity index (χ0n) is 9.94. The Hall–Kier alpha value is -2.34. The Labute approximate surface area is 112 Å². The molecular weight excluding hydrogens is 270 g/mol. The van der Waals surface area contributed by atoms with E-state index in [1.54, 1.807) is 24.3 Å². The van der Waals surface area contributed by atoms with Crippen LogP contribution in [0.25, 0.3) is 0 Å². The number of amides is 1. The molecule has 0 spiro atoms. The number of carbonyl (C=O) groups is 1. The fourth-order valence-electron chi connectivity index (χ4n) is 1.49. The first-order chi connectivity index (χ1) is 8.99. The van der Waals surface area contributed by atoms with Gasteiger partial charge in [0.25, 0.3) is 11.5 Å². The third kappa shape index (κ3) is 2.74. The summed E-state index contributed by atoms with van der Waals surface area (Å²) in [4.78, 5) is 37.1. The van der Waals surface area contributed by atoms with E-state index >= 15 is 0 Å². The number of hydrogen-bond acceptors (Lipinski definition) is 3. The fraction of sp³-hybridized carbons (Fsp3) is 0.0833. The molecule has 2 aromatic rings. The third-order valence-corrected chi connectivity index (χ3v) is 2.74. The summed E-state index contributed by atoms with van der Waals surface area (Å²) in [6, 6.07) is 6.52. The number of hydrogen-bond donors (Lipinski definition) is 2. The molecule has 1 aromatic carbocycles. The van der Waals surface area contributed by atoms with Crippen LogP contribution in [-0.2, 0) is 7.05 Å². The Morgan fingerprint density at radius 1 is 1.37 bits per heavy atom. The monoisotopic (exact) mass is 279 g/mol. The van der Waals surface area contributed by atoms with Crippen LogP contribution in [0.15, 0.2) is 40.1 Å². The van der Waals surface area contributed by atoms with Crippen LogP contribution in [0.1, 0.15) is 10.4 Å². The van der Waals surface area contributed by atoms with Gasteiger partial charge in [0.05, 0.1) is 0 Å². The van der Waals surface area contributed by atoms with Crippen molar-refractivity contribution < 1.29 is 4.79 Å². The summed E-state index contributed by atoms with van der Waals surface area (Å²) in [7, 11) is 1.29. The van der Waals surface area contributed by atoms with Crippen molar-refractivity contribution in [3.05, 3.63) is 61.9 Å². The lowest BCUT2D eigenvalue weighted by Crippen LogP contribution is -2.37. The standard InChI is InChI=1S/C12H10ClN3O3/c1-16-11(18)9(6-14-12(16)19)10(17)15-8-4-2-3-7(13)5-8/h2-6H,1H3,(H,14,19)(H,15,17). The van der Waals surface area contributed by atoms with Gasteiger partial charge in [-0.2, -0.15) is 0 Å². The van der Waals surface area contributed by atoms with Crippen molar-refractivity contribution in [2.24, 2.45) is 7.05 Å². The number of halogens is 1. The molecule has 6 nitrogen and oxygen atoms in total. The van der Waals surface area contributed by atoms with E-state index in [2.05, 4.69) is 10.3 Å². The number of nitrogens with one attached hydrogen (secondary N) is 2. The molecule has 0 bridgehead atoms. The minimum Gasteiger partial charge on any atom is -0.322 e. The van der Waals surface area contributed by atoms with Crippen LogP contribution in [0.5, 0.6) is 0 Å². The Morgan fingerprint density at radius 3 is 2.79 bits per heavy atom. The van der Waals surface area contributed by atoms with Crippen molar-refractivity contribution in [3.8, 4) is 0 Å². The quantitative estimate of drug-likeness (QED) is 0.859. The maximum absolute atomic E-state index is 11.9. The van der Waals surface area contributed by atoms with Crippen LogP contribution in [-0.4, -0.2) is 15.5 Å². The Morgan fingerprint density at radius 2 is 2.11 bits per heavy atom. The summed E-state index contributed by atoms with van der Waals surface area (Å²) >= 11 is 5.79. The summed E-state index contributed by atoms with van der Waals surface area (Å²) in [6.45, 7) is 0. The van der Waals surface area contributed by atoms with Crippen molar-refractivity contribution in [1.82, 2.24) is 9.55 Å². The van der Waals surface area contributed by atoms with Crippen LogP contribution in [0.2, 0.25) is 5.02 Å². The number of H-pyrrole nitrogens is 1. The van der Waals surface area contributed by atoms with E-state index in [1.807, 2.05) is 0 Å². The van der Waals surface area contributed by atoms with E-state index in [4.69, 9.17) is 11.6 Å². The number of nitrogens with zero attached hydrogens (tertiary/aromatic N) is 1. The van der Waals surface area contributed by atoms with Crippen LogP contribution < -0.4 is 16.6 Å². The summed E-state index contributed by atoms with van der Waals surface area (Å²) in [5.74, 6) is -0.612. The van der Waals surface area contributed by atoms with Gasteiger partial charge in [0.2, 0.25) is 0 Å². The van der Waals surface area contributed by atoms with Gasteiger partial charge in [-0.1, -0.05) is 17.7 Å². The molecule has 0 fully saturated rings. The molecule has 0 atom stereocenters. The zero-order chi connectivity index (χ0) is 14.0. The molecule has 0 aliphatic carbocycles. The van der Waals surface area contributed by atoms with Gasteiger partial charge >= 0.3 is 5.69 Å². The summed E-state index contributed by atoms with van der Waals surface area (Å²) in [5.41, 5.74) is -0.930. The van der Waals surface area contributed by atoms with Crippen molar-refractivity contribution in [1.29, 1.82) is 0 Å². The van der Waals surface area contributed by atoms with Gasteiger partial charge in [0.15, 0.2) is 0 Å². The lowest BCUT2D eigenvalue weighted by molar-refractivity contribution is 0.102. The highest BCUT2D eigenvalue weighted by molar-refractivity contribution is 6.30. The molecule has 7 heteroatoms. The lowest BCUT2D eigenvalue weighted by Gasteiger charge is -2.05. The number of rotatable bonds is 2. The van der Waals surface area contributed by atoms with Crippen LogP contribution in [0.3, 0.4) is 0 Å². The number of carbonyl (C=O) groups excluding carboxylic acids is 1. The molecule has 0 radical (unpaired) electrons. The second-order valence-corrected chi connectivity index (χ2v) is 4.27. The summed E-state index contributed by atoms with van der Waals surface area (Å²) < 4.78 is 0.826. The molecular formula is C12H10ClN3O3. The molecule has 2 N–H and O–H groups in total. The molecule has 1 heterocycles. The highest BCUT2D eigenvalue weighted by atomic mass is 35.5. The first kappa shape index (κ1) is 13.1. The molecule has 98 valence electrons. The molecule has 0 saturated carbocycles. The smallest absolute Gasteiger partial charge is 0.322 e. The average molecular weight is 280 g/mol. The SMILES string of the molecule is Cn1c(=O)[nH]cc(C(=O)Nc2cccc(Cl)c2)c1=O. The Kier molecular flexibility index (Phi) is 3.52. The van der Waals surface area contributed by atoms with Gasteiger partial charge in [-0.15, -0.1) is 0 Å². The predicted octanol–water partition coefficient (Wildman–Crippen LogP) is 0.979. The maximum Gasteiger partial charge on any atom is 0.328 e.